The average molecular weight is 455 g/mol. The van der Waals surface area contributed by atoms with E-state index in [-0.39, 0.29) is 18.2 Å². The minimum Gasteiger partial charge on any atom is -0.447 e. The highest BCUT2D eigenvalue weighted by molar-refractivity contribution is 7.95. The molecule has 2 aromatic rings. The predicted molar refractivity (Wildman–Crippen MR) is 121 cm³/mol. The van der Waals surface area contributed by atoms with Crippen molar-refractivity contribution in [2.45, 2.75) is 24.9 Å². The third-order valence-corrected chi connectivity index (χ3v) is 7.10. The first-order valence-corrected chi connectivity index (χ1v) is 12.4. The van der Waals surface area contributed by atoms with Gasteiger partial charge in [0.15, 0.2) is 9.84 Å². The van der Waals surface area contributed by atoms with Gasteiger partial charge in [-0.2, -0.15) is 0 Å². The van der Waals surface area contributed by atoms with E-state index < -0.39 is 21.5 Å². The lowest BCUT2D eigenvalue weighted by atomic mass is 9.99. The SMILES string of the molecule is O=C(CS(=O)(=O)C=Cc1ccccc1)N1CCC(N2C(=O)OCC2c2ccccc2)CC1. The molecule has 8 heteroatoms. The van der Waals surface area contributed by atoms with Gasteiger partial charge in [-0.25, -0.2) is 13.2 Å². The topological polar surface area (TPSA) is 84.0 Å². The standard InChI is InChI=1S/C24H26N2O5S/c27-23(18-32(29,30)16-13-19-7-3-1-4-8-19)25-14-11-21(12-15-25)26-22(17-31-24(26)28)20-9-5-2-6-10-20/h1-10,13,16,21-22H,11-12,14-15,17-18H2. The Morgan fingerprint density at radius 3 is 2.28 bits per heavy atom. The molecule has 2 amide bonds. The first kappa shape index (κ1) is 22.1. The first-order valence-electron chi connectivity index (χ1n) is 10.7. The quantitative estimate of drug-likeness (QED) is 0.669. The molecule has 0 aromatic heterocycles. The van der Waals surface area contributed by atoms with E-state index >= 15 is 0 Å². The number of hydrogen-bond acceptors (Lipinski definition) is 5. The summed E-state index contributed by atoms with van der Waals surface area (Å²) in [6, 6.07) is 18.7. The molecular weight excluding hydrogens is 428 g/mol. The van der Waals surface area contributed by atoms with Crippen LogP contribution < -0.4 is 0 Å². The van der Waals surface area contributed by atoms with Crippen LogP contribution in [0.3, 0.4) is 0 Å². The van der Waals surface area contributed by atoms with Crippen molar-refractivity contribution in [2.75, 3.05) is 25.4 Å². The maximum atomic E-state index is 12.6. The van der Waals surface area contributed by atoms with Gasteiger partial charge in [-0.3, -0.25) is 9.69 Å². The van der Waals surface area contributed by atoms with E-state index in [1.165, 1.54) is 6.08 Å². The van der Waals surface area contributed by atoms with Crippen LogP contribution in [0.25, 0.3) is 6.08 Å². The molecule has 2 aliphatic rings. The molecule has 168 valence electrons. The Balaban J connectivity index is 1.34. The lowest BCUT2D eigenvalue weighted by Gasteiger charge is -2.37. The Morgan fingerprint density at radius 1 is 1.00 bits per heavy atom. The van der Waals surface area contributed by atoms with Gasteiger partial charge in [-0.05, 0) is 30.0 Å². The fraction of sp³-hybridized carbons (Fsp3) is 0.333. The minimum absolute atomic E-state index is 0.0474. The van der Waals surface area contributed by atoms with Gasteiger partial charge < -0.3 is 9.64 Å². The van der Waals surface area contributed by atoms with E-state index in [1.54, 1.807) is 21.9 Å². The second-order valence-corrected chi connectivity index (χ2v) is 9.93. The fourth-order valence-electron chi connectivity index (χ4n) is 4.22. The molecule has 2 saturated heterocycles. The van der Waals surface area contributed by atoms with Gasteiger partial charge in [0.05, 0.1) is 6.04 Å². The number of likely N-dealkylation sites (tertiary alicyclic amines) is 1. The number of rotatable bonds is 6. The van der Waals surface area contributed by atoms with Gasteiger partial charge in [0.25, 0.3) is 0 Å². The second-order valence-electron chi connectivity index (χ2n) is 8.04. The van der Waals surface area contributed by atoms with E-state index in [2.05, 4.69) is 0 Å². The Bertz CT molecular complexity index is 1080. The molecule has 0 radical (unpaired) electrons. The Kier molecular flexibility index (Phi) is 6.60. The summed E-state index contributed by atoms with van der Waals surface area (Å²) >= 11 is 0. The van der Waals surface area contributed by atoms with Crippen LogP contribution in [-0.4, -0.2) is 61.7 Å². The van der Waals surface area contributed by atoms with Crippen LogP contribution in [0, 0.1) is 0 Å². The van der Waals surface area contributed by atoms with Gasteiger partial charge in [-0.1, -0.05) is 60.7 Å². The van der Waals surface area contributed by atoms with Gasteiger partial charge in [-0.15, -0.1) is 0 Å². The minimum atomic E-state index is -3.67. The Hall–Kier alpha value is -3.13. The van der Waals surface area contributed by atoms with E-state index in [1.807, 2.05) is 48.5 Å². The second kappa shape index (κ2) is 9.56. The smallest absolute Gasteiger partial charge is 0.410 e. The van der Waals surface area contributed by atoms with E-state index in [4.69, 9.17) is 4.74 Å². The van der Waals surface area contributed by atoms with Gasteiger partial charge in [0.2, 0.25) is 5.91 Å². The highest BCUT2D eigenvalue weighted by Gasteiger charge is 2.40. The van der Waals surface area contributed by atoms with Crippen LogP contribution in [0.4, 0.5) is 4.79 Å². The lowest BCUT2D eigenvalue weighted by molar-refractivity contribution is -0.129. The summed E-state index contributed by atoms with van der Waals surface area (Å²) in [5.74, 6) is -0.968. The Morgan fingerprint density at radius 2 is 1.62 bits per heavy atom. The first-order chi connectivity index (χ1) is 15.4. The molecule has 0 aliphatic carbocycles. The van der Waals surface area contributed by atoms with E-state index in [9.17, 15) is 18.0 Å². The van der Waals surface area contributed by atoms with Crippen LogP contribution >= 0.6 is 0 Å². The molecule has 0 N–H and O–H groups in total. The van der Waals surface area contributed by atoms with Crippen molar-refractivity contribution in [3.63, 3.8) is 0 Å². The summed E-state index contributed by atoms with van der Waals surface area (Å²) in [6.45, 7) is 1.13. The highest BCUT2D eigenvalue weighted by Crippen LogP contribution is 2.33. The molecule has 0 saturated carbocycles. The van der Waals surface area contributed by atoms with Gasteiger partial charge in [0.1, 0.15) is 12.4 Å². The van der Waals surface area contributed by atoms with Crippen molar-refractivity contribution >= 4 is 27.9 Å². The number of ether oxygens (including phenoxy) is 1. The van der Waals surface area contributed by atoms with Crippen molar-refractivity contribution in [1.82, 2.24) is 9.80 Å². The molecule has 0 spiro atoms. The molecule has 32 heavy (non-hydrogen) atoms. The van der Waals surface area contributed by atoms with Crippen LogP contribution in [0.1, 0.15) is 30.0 Å². The van der Waals surface area contributed by atoms with Crippen molar-refractivity contribution in [2.24, 2.45) is 0 Å². The van der Waals surface area contributed by atoms with Crippen LogP contribution in [-0.2, 0) is 19.4 Å². The summed E-state index contributed by atoms with van der Waals surface area (Å²) < 4.78 is 30.0. The number of hydrogen-bond donors (Lipinski definition) is 0. The third-order valence-electron chi connectivity index (χ3n) is 5.90. The number of benzene rings is 2. The number of amides is 2. The van der Waals surface area contributed by atoms with Crippen LogP contribution in [0.15, 0.2) is 66.1 Å². The van der Waals surface area contributed by atoms with Crippen LogP contribution in [0.5, 0.6) is 0 Å². The average Bonchev–Trinajstić information content (AvgIpc) is 3.20. The monoisotopic (exact) mass is 454 g/mol. The normalized spacial score (nSPS) is 20.0. The molecule has 2 aliphatic heterocycles. The molecule has 1 unspecified atom stereocenters. The molecule has 2 heterocycles. The molecule has 1 atom stereocenters. The lowest BCUT2D eigenvalue weighted by Crippen LogP contribution is -2.48. The van der Waals surface area contributed by atoms with E-state index in [0.717, 1.165) is 16.5 Å². The van der Waals surface area contributed by atoms with Crippen molar-refractivity contribution in [3.05, 3.63) is 77.2 Å². The van der Waals surface area contributed by atoms with Crippen molar-refractivity contribution in [3.8, 4) is 0 Å². The fourth-order valence-corrected chi connectivity index (χ4v) is 5.21. The predicted octanol–water partition coefficient (Wildman–Crippen LogP) is 3.26. The number of carbonyl (C=O) groups is 2. The number of cyclic esters (lactones) is 1. The number of nitrogens with zero attached hydrogens (tertiary/aromatic N) is 2. The van der Waals surface area contributed by atoms with Gasteiger partial charge in [0, 0.05) is 24.5 Å². The van der Waals surface area contributed by atoms with Crippen molar-refractivity contribution in [1.29, 1.82) is 0 Å². The summed E-state index contributed by atoms with van der Waals surface area (Å²) in [4.78, 5) is 28.3. The van der Waals surface area contributed by atoms with Crippen LogP contribution in [0.2, 0.25) is 0 Å². The zero-order chi connectivity index (χ0) is 22.6. The number of carbonyl (C=O) groups excluding carboxylic acids is 2. The summed E-state index contributed by atoms with van der Waals surface area (Å²) in [5, 5.41) is 1.09. The van der Waals surface area contributed by atoms with Gasteiger partial charge >= 0.3 is 6.09 Å². The maximum absolute atomic E-state index is 12.6. The number of piperidine rings is 1. The zero-order valence-corrected chi connectivity index (χ0v) is 18.5. The highest BCUT2D eigenvalue weighted by atomic mass is 32.2. The zero-order valence-electron chi connectivity index (χ0n) is 17.7. The molecule has 4 rings (SSSR count). The number of sulfone groups is 1. The summed E-state index contributed by atoms with van der Waals surface area (Å²) in [5.41, 5.74) is 1.78. The maximum Gasteiger partial charge on any atom is 0.410 e. The molecule has 2 aromatic carbocycles. The Labute approximate surface area is 188 Å². The summed E-state index contributed by atoms with van der Waals surface area (Å²) in [6.07, 6.45) is 2.34. The molecular formula is C24H26N2O5S. The third kappa shape index (κ3) is 5.19. The van der Waals surface area contributed by atoms with Crippen molar-refractivity contribution < 1.29 is 22.7 Å². The summed E-state index contributed by atoms with van der Waals surface area (Å²) in [7, 11) is -3.67. The molecule has 0 bridgehead atoms. The van der Waals surface area contributed by atoms with E-state index in [0.29, 0.717) is 32.5 Å². The largest absolute Gasteiger partial charge is 0.447 e. The molecule has 2 fully saturated rings. The molecule has 7 nitrogen and oxygen atoms in total.